The smallest absolute Gasteiger partial charge is 0.322 e. The van der Waals surface area contributed by atoms with Gasteiger partial charge in [0, 0.05) is 19.3 Å². The highest BCUT2D eigenvalue weighted by Gasteiger charge is 2.16. The van der Waals surface area contributed by atoms with Crippen LogP contribution >= 0.6 is 0 Å². The van der Waals surface area contributed by atoms with Gasteiger partial charge in [-0.25, -0.2) is 4.79 Å². The van der Waals surface area contributed by atoms with Crippen molar-refractivity contribution >= 4 is 11.7 Å². The van der Waals surface area contributed by atoms with Crippen molar-refractivity contribution in [2.75, 3.05) is 32.7 Å². The highest BCUT2D eigenvalue weighted by molar-refractivity contribution is 5.90. The number of nitrogens with one attached hydrogen (secondary N) is 1. The maximum atomic E-state index is 12.6. The Kier molecular flexibility index (Phi) is 6.26. The number of hydrogen-bond donors (Lipinski definition) is 1. The van der Waals surface area contributed by atoms with Crippen molar-refractivity contribution in [1.82, 2.24) is 4.90 Å². The number of anilines is 1. The lowest BCUT2D eigenvalue weighted by Gasteiger charge is -2.22. The van der Waals surface area contributed by atoms with Gasteiger partial charge in [0.2, 0.25) is 0 Å². The van der Waals surface area contributed by atoms with E-state index >= 15 is 0 Å². The first-order chi connectivity index (χ1) is 11.5. The molecule has 0 unspecified atom stereocenters. The molecule has 2 aromatic rings. The van der Waals surface area contributed by atoms with E-state index in [0.29, 0.717) is 19.7 Å². The van der Waals surface area contributed by atoms with Gasteiger partial charge < -0.3 is 24.1 Å². The van der Waals surface area contributed by atoms with E-state index in [1.165, 1.54) is 0 Å². The predicted molar refractivity (Wildman–Crippen MR) is 92.5 cm³/mol. The van der Waals surface area contributed by atoms with Gasteiger partial charge in [0.15, 0.2) is 0 Å². The zero-order chi connectivity index (χ0) is 17.5. The van der Waals surface area contributed by atoms with Crippen molar-refractivity contribution in [3.8, 4) is 5.75 Å². The molecule has 2 rings (SSSR count). The van der Waals surface area contributed by atoms with Gasteiger partial charge in [-0.15, -0.1) is 0 Å². The van der Waals surface area contributed by atoms with Crippen LogP contribution in [-0.4, -0.2) is 38.3 Å². The zero-order valence-corrected chi connectivity index (χ0v) is 14.6. The number of amides is 2. The first-order valence-corrected chi connectivity index (χ1v) is 7.78. The third-order valence-electron chi connectivity index (χ3n) is 3.67. The second-order valence-corrected chi connectivity index (χ2v) is 5.54. The Balaban J connectivity index is 2.09. The normalized spacial score (nSPS) is 10.5. The Morgan fingerprint density at radius 3 is 2.58 bits per heavy atom. The van der Waals surface area contributed by atoms with Crippen LogP contribution in [0.3, 0.4) is 0 Å². The molecule has 1 N–H and O–H groups in total. The molecule has 0 aliphatic rings. The van der Waals surface area contributed by atoms with Crippen molar-refractivity contribution in [1.29, 1.82) is 0 Å². The lowest BCUT2D eigenvalue weighted by atomic mass is 10.2. The third-order valence-corrected chi connectivity index (χ3v) is 3.67. The number of carbonyl (C=O) groups is 1. The van der Waals surface area contributed by atoms with Gasteiger partial charge in [0.05, 0.1) is 20.3 Å². The molecule has 1 heterocycles. The number of methoxy groups -OCH3 is 2. The Morgan fingerprint density at radius 2 is 2.00 bits per heavy atom. The topological polar surface area (TPSA) is 63.9 Å². The summed E-state index contributed by atoms with van der Waals surface area (Å²) in [6, 6.07) is 9.09. The van der Waals surface area contributed by atoms with Crippen molar-refractivity contribution in [3.05, 3.63) is 47.4 Å². The summed E-state index contributed by atoms with van der Waals surface area (Å²) in [5.74, 6) is 2.32. The molecule has 1 aromatic heterocycles. The molecule has 0 radical (unpaired) electrons. The fourth-order valence-electron chi connectivity index (χ4n) is 2.31. The molecule has 6 nitrogen and oxygen atoms in total. The van der Waals surface area contributed by atoms with E-state index in [0.717, 1.165) is 28.5 Å². The Morgan fingerprint density at radius 1 is 1.21 bits per heavy atom. The van der Waals surface area contributed by atoms with Crippen LogP contribution in [0.2, 0.25) is 0 Å². The Hall–Kier alpha value is -2.47. The molecule has 0 fully saturated rings. The van der Waals surface area contributed by atoms with Gasteiger partial charge in [-0.05, 0) is 49.7 Å². The number of ether oxygens (including phenoxy) is 2. The molecular weight excluding hydrogens is 308 g/mol. The van der Waals surface area contributed by atoms with Crippen LogP contribution in [0.4, 0.5) is 10.5 Å². The van der Waals surface area contributed by atoms with Crippen LogP contribution in [0.15, 0.2) is 34.7 Å². The molecule has 0 aliphatic heterocycles. The van der Waals surface area contributed by atoms with Crippen molar-refractivity contribution in [2.24, 2.45) is 0 Å². The molecule has 1 aromatic carbocycles. The minimum absolute atomic E-state index is 0.200. The number of nitrogens with zero attached hydrogens (tertiary/aromatic N) is 1. The summed E-state index contributed by atoms with van der Waals surface area (Å²) >= 11 is 0. The largest absolute Gasteiger partial charge is 0.497 e. The summed E-state index contributed by atoms with van der Waals surface area (Å²) < 4.78 is 15.9. The molecule has 0 aliphatic carbocycles. The van der Waals surface area contributed by atoms with E-state index in [2.05, 4.69) is 5.32 Å². The average molecular weight is 332 g/mol. The van der Waals surface area contributed by atoms with Crippen LogP contribution in [0.5, 0.6) is 5.75 Å². The number of carbonyl (C=O) groups excluding carboxylic acids is 1. The summed E-state index contributed by atoms with van der Waals surface area (Å²) in [6.07, 6.45) is 0. The van der Waals surface area contributed by atoms with Crippen LogP contribution in [0.25, 0.3) is 0 Å². The van der Waals surface area contributed by atoms with Gasteiger partial charge in [0.1, 0.15) is 17.3 Å². The third kappa shape index (κ3) is 4.76. The van der Waals surface area contributed by atoms with E-state index in [9.17, 15) is 4.79 Å². The minimum atomic E-state index is -0.200. The van der Waals surface area contributed by atoms with Gasteiger partial charge >= 0.3 is 6.03 Å². The van der Waals surface area contributed by atoms with E-state index in [-0.39, 0.29) is 6.03 Å². The van der Waals surface area contributed by atoms with Gasteiger partial charge in [-0.3, -0.25) is 0 Å². The average Bonchev–Trinajstić information content (AvgIpc) is 2.98. The van der Waals surface area contributed by atoms with Gasteiger partial charge in [-0.2, -0.15) is 0 Å². The fraction of sp³-hybridized carbons (Fsp3) is 0.389. The number of rotatable bonds is 7. The van der Waals surface area contributed by atoms with E-state index in [4.69, 9.17) is 13.9 Å². The highest BCUT2D eigenvalue weighted by atomic mass is 16.5. The van der Waals surface area contributed by atoms with Crippen LogP contribution in [0, 0.1) is 13.8 Å². The maximum absolute atomic E-state index is 12.6. The number of hydrogen-bond acceptors (Lipinski definition) is 4. The van der Waals surface area contributed by atoms with Crippen LogP contribution < -0.4 is 10.1 Å². The second kappa shape index (κ2) is 8.40. The fourth-order valence-corrected chi connectivity index (χ4v) is 2.31. The maximum Gasteiger partial charge on any atom is 0.322 e. The molecule has 0 bridgehead atoms. The van der Waals surface area contributed by atoms with E-state index in [1.54, 1.807) is 19.1 Å². The molecule has 0 saturated heterocycles. The SMILES string of the molecule is COCCN(Cc1ccc(C)o1)C(=O)Nc1ccc(OC)cc1C. The minimum Gasteiger partial charge on any atom is -0.497 e. The van der Waals surface area contributed by atoms with Crippen molar-refractivity contribution < 1.29 is 18.7 Å². The predicted octanol–water partition coefficient (Wildman–Crippen LogP) is 3.59. The molecule has 24 heavy (non-hydrogen) atoms. The molecule has 6 heteroatoms. The quantitative estimate of drug-likeness (QED) is 0.841. The lowest BCUT2D eigenvalue weighted by molar-refractivity contribution is 0.149. The zero-order valence-electron chi connectivity index (χ0n) is 14.6. The number of aryl methyl sites for hydroxylation is 2. The van der Waals surface area contributed by atoms with Crippen molar-refractivity contribution in [3.63, 3.8) is 0 Å². The lowest BCUT2D eigenvalue weighted by Crippen LogP contribution is -2.36. The standard InChI is InChI=1S/C18H24N2O4/c1-13-11-15(23-4)7-8-17(13)19-18(21)20(9-10-22-3)12-16-6-5-14(2)24-16/h5-8,11H,9-10,12H2,1-4H3,(H,19,21). The first-order valence-electron chi connectivity index (χ1n) is 7.78. The Bertz CT molecular complexity index is 681. The van der Waals surface area contributed by atoms with E-state index < -0.39 is 0 Å². The van der Waals surface area contributed by atoms with Crippen LogP contribution in [-0.2, 0) is 11.3 Å². The summed E-state index contributed by atoms with van der Waals surface area (Å²) in [5.41, 5.74) is 1.68. The first kappa shape index (κ1) is 17.9. The molecule has 130 valence electrons. The van der Waals surface area contributed by atoms with Crippen LogP contribution in [0.1, 0.15) is 17.1 Å². The van der Waals surface area contributed by atoms with E-state index in [1.807, 2.05) is 44.2 Å². The number of benzene rings is 1. The van der Waals surface area contributed by atoms with Gasteiger partial charge in [0.25, 0.3) is 0 Å². The molecule has 2 amide bonds. The number of urea groups is 1. The molecular formula is C18H24N2O4. The number of furan rings is 1. The highest BCUT2D eigenvalue weighted by Crippen LogP contribution is 2.21. The summed E-state index contributed by atoms with van der Waals surface area (Å²) in [4.78, 5) is 14.3. The van der Waals surface area contributed by atoms with Gasteiger partial charge in [-0.1, -0.05) is 0 Å². The summed E-state index contributed by atoms with van der Waals surface area (Å²) in [7, 11) is 3.23. The molecule has 0 saturated carbocycles. The monoisotopic (exact) mass is 332 g/mol. The summed E-state index contributed by atoms with van der Waals surface area (Å²) in [6.45, 7) is 5.11. The Labute approximate surface area is 142 Å². The van der Waals surface area contributed by atoms with Crippen molar-refractivity contribution in [2.45, 2.75) is 20.4 Å². The second-order valence-electron chi connectivity index (χ2n) is 5.54. The molecule has 0 spiro atoms. The summed E-state index contributed by atoms with van der Waals surface area (Å²) in [5, 5.41) is 2.93. The molecule has 0 atom stereocenters.